The number of esters is 3. The molecular weight excluding hydrogens is 973 g/mol. The molecule has 1 unspecified atom stereocenters. The van der Waals surface area contributed by atoms with Gasteiger partial charge in [-0.1, -0.05) is 284 Å². The molecule has 79 heavy (non-hydrogen) atoms. The molecule has 0 rings (SSSR count). The Bertz CT molecular complexity index is 1590. The molecule has 0 aromatic carbocycles. The lowest BCUT2D eigenvalue weighted by Gasteiger charge is -2.18. The summed E-state index contributed by atoms with van der Waals surface area (Å²) in [6.45, 7) is 6.40. The summed E-state index contributed by atoms with van der Waals surface area (Å²) in [5, 5.41) is 0. The van der Waals surface area contributed by atoms with Crippen molar-refractivity contribution in [2.75, 3.05) is 13.2 Å². The van der Waals surface area contributed by atoms with E-state index < -0.39 is 6.10 Å². The predicted molar refractivity (Wildman–Crippen MR) is 343 cm³/mol. The maximum absolute atomic E-state index is 12.9. The van der Waals surface area contributed by atoms with Crippen LogP contribution in [-0.2, 0) is 28.6 Å². The van der Waals surface area contributed by atoms with E-state index in [4.69, 9.17) is 14.2 Å². The van der Waals surface area contributed by atoms with Gasteiger partial charge in [0.25, 0.3) is 0 Å². The van der Waals surface area contributed by atoms with Crippen LogP contribution in [0.3, 0.4) is 0 Å². The molecule has 0 saturated heterocycles. The van der Waals surface area contributed by atoms with Crippen molar-refractivity contribution in [3.05, 3.63) is 109 Å². The number of rotatable bonds is 60. The normalized spacial score (nSPS) is 12.8. The van der Waals surface area contributed by atoms with Crippen LogP contribution in [0, 0.1) is 0 Å². The molecule has 0 saturated carbocycles. The van der Waals surface area contributed by atoms with E-state index in [0.717, 1.165) is 116 Å². The minimum Gasteiger partial charge on any atom is -0.462 e. The Hall–Kier alpha value is -3.93. The van der Waals surface area contributed by atoms with E-state index in [0.29, 0.717) is 19.3 Å². The minimum atomic E-state index is -0.793. The smallest absolute Gasteiger partial charge is 0.306 e. The van der Waals surface area contributed by atoms with Crippen LogP contribution in [-0.4, -0.2) is 37.2 Å². The Morgan fingerprint density at radius 1 is 0.266 bits per heavy atom. The molecule has 6 heteroatoms. The van der Waals surface area contributed by atoms with Crippen molar-refractivity contribution in [1.29, 1.82) is 0 Å². The van der Waals surface area contributed by atoms with Gasteiger partial charge >= 0.3 is 17.9 Å². The minimum absolute atomic E-state index is 0.0878. The van der Waals surface area contributed by atoms with Crippen molar-refractivity contribution >= 4 is 17.9 Å². The van der Waals surface area contributed by atoms with Crippen LogP contribution in [0.15, 0.2) is 109 Å². The summed E-state index contributed by atoms with van der Waals surface area (Å²) in [6, 6.07) is 0. The first kappa shape index (κ1) is 75.1. The molecule has 0 N–H and O–H groups in total. The number of unbranched alkanes of at least 4 members (excludes halogenated alkanes) is 31. The molecule has 0 aliphatic carbocycles. The topological polar surface area (TPSA) is 78.9 Å². The summed E-state index contributed by atoms with van der Waals surface area (Å²) in [7, 11) is 0. The molecule has 0 bridgehead atoms. The fourth-order valence-corrected chi connectivity index (χ4v) is 9.30. The molecule has 0 fully saturated rings. The molecule has 0 spiro atoms. The highest BCUT2D eigenvalue weighted by atomic mass is 16.6. The van der Waals surface area contributed by atoms with Gasteiger partial charge in [0.1, 0.15) is 13.2 Å². The second-order valence-electron chi connectivity index (χ2n) is 22.0. The summed E-state index contributed by atoms with van der Waals surface area (Å²) in [5.41, 5.74) is 0. The molecule has 0 heterocycles. The number of hydrogen-bond donors (Lipinski definition) is 0. The Kier molecular flexibility index (Phi) is 63.3. The Morgan fingerprint density at radius 3 is 0.797 bits per heavy atom. The first-order valence-corrected chi connectivity index (χ1v) is 33.4. The number of hydrogen-bond acceptors (Lipinski definition) is 6. The third-order valence-electron chi connectivity index (χ3n) is 14.2. The molecule has 0 aliphatic heterocycles. The zero-order valence-corrected chi connectivity index (χ0v) is 51.9. The van der Waals surface area contributed by atoms with E-state index in [9.17, 15) is 14.4 Å². The molecule has 0 aromatic heterocycles. The average Bonchev–Trinajstić information content (AvgIpc) is 3.45. The van der Waals surface area contributed by atoms with Gasteiger partial charge in [-0.05, 0) is 122 Å². The quantitative estimate of drug-likeness (QED) is 0.0261. The van der Waals surface area contributed by atoms with Crippen molar-refractivity contribution < 1.29 is 28.6 Å². The van der Waals surface area contributed by atoms with Gasteiger partial charge in [0.2, 0.25) is 0 Å². The maximum Gasteiger partial charge on any atom is 0.306 e. The van der Waals surface area contributed by atoms with Gasteiger partial charge in [-0.25, -0.2) is 0 Å². The van der Waals surface area contributed by atoms with E-state index in [2.05, 4.69) is 130 Å². The van der Waals surface area contributed by atoms with Crippen LogP contribution in [0.25, 0.3) is 0 Å². The first-order chi connectivity index (χ1) is 39.0. The number of carbonyl (C=O) groups excluding carboxylic acids is 3. The van der Waals surface area contributed by atoms with E-state index in [1.54, 1.807) is 0 Å². The van der Waals surface area contributed by atoms with Crippen LogP contribution in [0.5, 0.6) is 0 Å². The zero-order valence-electron chi connectivity index (χ0n) is 51.9. The molecular formula is C73H124O6. The molecule has 452 valence electrons. The van der Waals surface area contributed by atoms with Crippen molar-refractivity contribution in [2.24, 2.45) is 0 Å². The third-order valence-corrected chi connectivity index (χ3v) is 14.2. The Balaban J connectivity index is 4.23. The van der Waals surface area contributed by atoms with Crippen LogP contribution in [0.2, 0.25) is 0 Å². The largest absolute Gasteiger partial charge is 0.462 e. The van der Waals surface area contributed by atoms with Gasteiger partial charge in [0.05, 0.1) is 0 Å². The van der Waals surface area contributed by atoms with Crippen LogP contribution in [0.1, 0.15) is 316 Å². The summed E-state index contributed by atoms with van der Waals surface area (Å²) in [5.74, 6) is -0.913. The third kappa shape index (κ3) is 64.8. The lowest BCUT2D eigenvalue weighted by atomic mass is 10.0. The van der Waals surface area contributed by atoms with Gasteiger partial charge in [-0.3, -0.25) is 14.4 Å². The highest BCUT2D eigenvalue weighted by Crippen LogP contribution is 2.16. The second-order valence-corrected chi connectivity index (χ2v) is 22.0. The average molecular weight is 1100 g/mol. The Morgan fingerprint density at radius 2 is 0.494 bits per heavy atom. The van der Waals surface area contributed by atoms with E-state index in [1.807, 2.05) is 0 Å². The highest BCUT2D eigenvalue weighted by Gasteiger charge is 2.19. The lowest BCUT2D eigenvalue weighted by Crippen LogP contribution is -2.30. The molecule has 0 radical (unpaired) electrons. The summed E-state index contributed by atoms with van der Waals surface area (Å²) < 4.78 is 16.9. The fraction of sp³-hybridized carbons (Fsp3) is 0.712. The fourth-order valence-electron chi connectivity index (χ4n) is 9.30. The monoisotopic (exact) mass is 1100 g/mol. The van der Waals surface area contributed by atoms with Crippen molar-refractivity contribution in [3.8, 4) is 0 Å². The molecule has 1 atom stereocenters. The van der Waals surface area contributed by atoms with Crippen molar-refractivity contribution in [2.45, 2.75) is 322 Å². The molecule has 6 nitrogen and oxygen atoms in total. The summed E-state index contributed by atoms with van der Waals surface area (Å²) in [4.78, 5) is 38.3. The summed E-state index contributed by atoms with van der Waals surface area (Å²) >= 11 is 0. The zero-order chi connectivity index (χ0) is 57.1. The van der Waals surface area contributed by atoms with Crippen LogP contribution < -0.4 is 0 Å². The molecule has 0 aromatic rings. The van der Waals surface area contributed by atoms with Crippen LogP contribution >= 0.6 is 0 Å². The van der Waals surface area contributed by atoms with E-state index in [-0.39, 0.29) is 31.1 Å². The number of carbonyl (C=O) groups is 3. The van der Waals surface area contributed by atoms with Crippen LogP contribution in [0.4, 0.5) is 0 Å². The second kappa shape index (κ2) is 66.6. The van der Waals surface area contributed by atoms with Gasteiger partial charge in [0.15, 0.2) is 6.10 Å². The summed E-state index contributed by atoms with van der Waals surface area (Å²) in [6.07, 6.45) is 91.1. The Labute approximate surface area is 489 Å². The highest BCUT2D eigenvalue weighted by molar-refractivity contribution is 5.71. The van der Waals surface area contributed by atoms with Gasteiger partial charge < -0.3 is 14.2 Å². The lowest BCUT2D eigenvalue weighted by molar-refractivity contribution is -0.167. The van der Waals surface area contributed by atoms with Crippen molar-refractivity contribution in [3.63, 3.8) is 0 Å². The maximum atomic E-state index is 12.9. The molecule has 0 aliphatic rings. The number of allylic oxidation sites excluding steroid dienone is 18. The standard InChI is InChI=1S/C73H124O6/c1-4-7-10-13-16-19-22-25-27-29-30-31-32-33-34-35-36-37-38-39-40-41-42-44-45-48-51-54-57-60-63-66-72(75)78-69-70(68-77-71(74)65-62-59-56-53-50-47-24-21-18-15-12-9-6-3)79-73(76)67-64-61-58-55-52-49-46-43-28-26-23-20-17-14-11-8-5-2/h7,9-10,12,16,18-19,21,25-28,30-31,33-34,47,50,70H,4-6,8,11,13-15,17,20,22-24,29,32,35-46,48-49,51-69H2,1-3H3/b10-7-,12-9-,19-16-,21-18-,27-25-,28-26-,31-30-,34-33-,50-47-. The SMILES string of the molecule is CC/C=C\C/C=C\C/C=C\C/C=C\C/C=C\CCCCCCCCCCCCCCCCCC(=O)OCC(COC(=O)CCCCC/C=C\C/C=C\C/C=C\CC)OC(=O)CCCCCCCCC/C=C\CCCCCCCC. The van der Waals surface area contributed by atoms with Gasteiger partial charge in [-0.15, -0.1) is 0 Å². The molecule has 0 amide bonds. The van der Waals surface area contributed by atoms with Crippen molar-refractivity contribution in [1.82, 2.24) is 0 Å². The first-order valence-electron chi connectivity index (χ1n) is 33.4. The predicted octanol–water partition coefficient (Wildman–Crippen LogP) is 23.0. The number of ether oxygens (including phenoxy) is 3. The van der Waals surface area contributed by atoms with E-state index in [1.165, 1.54) is 161 Å². The van der Waals surface area contributed by atoms with Gasteiger partial charge in [-0.2, -0.15) is 0 Å². The van der Waals surface area contributed by atoms with E-state index >= 15 is 0 Å². The van der Waals surface area contributed by atoms with Gasteiger partial charge in [0, 0.05) is 19.3 Å².